The topological polar surface area (TPSA) is 52.0 Å². The van der Waals surface area contributed by atoms with Crippen LogP contribution in [0.1, 0.15) is 17.5 Å². The first-order valence-corrected chi connectivity index (χ1v) is 8.93. The number of amides is 1. The number of rotatable bonds is 9. The van der Waals surface area contributed by atoms with E-state index in [9.17, 15) is 4.79 Å². The molecule has 0 heterocycles. The van der Waals surface area contributed by atoms with Gasteiger partial charge in [0.15, 0.2) is 6.54 Å². The summed E-state index contributed by atoms with van der Waals surface area (Å²) in [6.07, 6.45) is 0.898. The molecule has 0 spiro atoms. The molecule has 0 saturated carbocycles. The number of methoxy groups -OCH3 is 1. The molecule has 1 atom stereocenters. The maximum absolute atomic E-state index is 12.1. The van der Waals surface area contributed by atoms with Crippen molar-refractivity contribution in [3.8, 4) is 11.5 Å². The quantitative estimate of drug-likeness (QED) is 0.677. The van der Waals surface area contributed by atoms with Crippen LogP contribution in [0, 0.1) is 13.8 Å². The van der Waals surface area contributed by atoms with Crippen LogP contribution in [-0.4, -0.2) is 39.8 Å². The number of nitrogens with one attached hydrogen (secondary N) is 2. The number of likely N-dealkylation sites (N-methyl/N-ethyl adjacent to an activating group) is 1. The van der Waals surface area contributed by atoms with Gasteiger partial charge >= 0.3 is 0 Å². The lowest BCUT2D eigenvalue weighted by atomic mass is 10.1. The van der Waals surface area contributed by atoms with Gasteiger partial charge in [-0.05, 0) is 55.3 Å². The molecule has 2 aromatic rings. The Morgan fingerprint density at radius 3 is 2.54 bits per heavy atom. The Hall–Kier alpha value is -2.53. The Morgan fingerprint density at radius 1 is 1.12 bits per heavy atom. The van der Waals surface area contributed by atoms with E-state index >= 15 is 0 Å². The van der Waals surface area contributed by atoms with E-state index in [4.69, 9.17) is 9.47 Å². The number of aryl methyl sites for hydroxylation is 2. The molecule has 0 fully saturated rings. The Bertz CT molecular complexity index is 714. The van der Waals surface area contributed by atoms with E-state index in [-0.39, 0.29) is 5.91 Å². The van der Waals surface area contributed by atoms with E-state index in [1.165, 1.54) is 5.56 Å². The summed E-state index contributed by atoms with van der Waals surface area (Å²) < 4.78 is 11.0. The maximum atomic E-state index is 12.1. The fraction of sp³-hybridized carbons (Fsp3) is 0.381. The molecule has 5 heteroatoms. The summed E-state index contributed by atoms with van der Waals surface area (Å²) in [7, 11) is 3.64. The number of anilines is 1. The molecule has 2 aromatic carbocycles. The molecule has 26 heavy (non-hydrogen) atoms. The van der Waals surface area contributed by atoms with Crippen molar-refractivity contribution < 1.29 is 19.2 Å². The number of carbonyl (C=O) groups is 1. The maximum Gasteiger partial charge on any atom is 0.279 e. The summed E-state index contributed by atoms with van der Waals surface area (Å²) in [5, 5.41) is 2.91. The molecule has 0 saturated heterocycles. The first-order chi connectivity index (χ1) is 12.5. The van der Waals surface area contributed by atoms with Gasteiger partial charge < -0.3 is 19.7 Å². The third kappa shape index (κ3) is 6.41. The number of hydrogen-bond donors (Lipinski definition) is 2. The van der Waals surface area contributed by atoms with Gasteiger partial charge in [-0.3, -0.25) is 4.79 Å². The highest BCUT2D eigenvalue weighted by molar-refractivity contribution is 5.91. The van der Waals surface area contributed by atoms with Crippen molar-refractivity contribution in [2.45, 2.75) is 20.3 Å². The lowest BCUT2D eigenvalue weighted by Crippen LogP contribution is -3.10. The summed E-state index contributed by atoms with van der Waals surface area (Å²) in [5.41, 5.74) is 3.13. The molecule has 1 amide bonds. The lowest BCUT2D eigenvalue weighted by Gasteiger charge is -2.15. The second-order valence-electron chi connectivity index (χ2n) is 6.63. The average Bonchev–Trinajstić information content (AvgIpc) is 2.62. The molecule has 0 aliphatic heterocycles. The summed E-state index contributed by atoms with van der Waals surface area (Å²) in [6, 6.07) is 13.6. The molecular weight excluding hydrogens is 328 g/mol. The molecule has 1 unspecified atom stereocenters. The molecule has 0 bridgehead atoms. The fourth-order valence-corrected chi connectivity index (χ4v) is 2.66. The Balaban J connectivity index is 1.68. The molecule has 0 radical (unpaired) electrons. The van der Waals surface area contributed by atoms with Gasteiger partial charge in [0.05, 0.1) is 27.3 Å². The van der Waals surface area contributed by atoms with Crippen LogP contribution in [-0.2, 0) is 4.79 Å². The molecule has 0 aromatic heterocycles. The minimum absolute atomic E-state index is 0.00288. The first kappa shape index (κ1) is 19.8. The normalized spacial score (nSPS) is 11.7. The van der Waals surface area contributed by atoms with E-state index in [0.717, 1.165) is 40.6 Å². The van der Waals surface area contributed by atoms with Crippen molar-refractivity contribution in [3.63, 3.8) is 0 Å². The van der Waals surface area contributed by atoms with E-state index in [1.807, 2.05) is 31.3 Å². The Labute approximate surface area is 155 Å². The van der Waals surface area contributed by atoms with Crippen molar-refractivity contribution in [3.05, 3.63) is 53.6 Å². The summed E-state index contributed by atoms with van der Waals surface area (Å²) >= 11 is 0. The Morgan fingerprint density at radius 2 is 1.85 bits per heavy atom. The van der Waals surface area contributed by atoms with Crippen LogP contribution < -0.4 is 19.7 Å². The molecular formula is C21H29N2O3+. The highest BCUT2D eigenvalue weighted by Crippen LogP contribution is 2.19. The van der Waals surface area contributed by atoms with Crippen LogP contribution in [0.25, 0.3) is 0 Å². The van der Waals surface area contributed by atoms with Gasteiger partial charge in [0.25, 0.3) is 5.91 Å². The molecule has 140 valence electrons. The van der Waals surface area contributed by atoms with Crippen LogP contribution >= 0.6 is 0 Å². The van der Waals surface area contributed by atoms with Gasteiger partial charge in [-0.1, -0.05) is 12.1 Å². The monoisotopic (exact) mass is 357 g/mol. The SMILES string of the molecule is COc1ccc(NC(=O)C[NH+](C)CCCOc2cc(C)ccc2C)cc1. The van der Waals surface area contributed by atoms with Crippen LogP contribution in [0.2, 0.25) is 0 Å². The zero-order valence-corrected chi connectivity index (χ0v) is 16.1. The van der Waals surface area contributed by atoms with Crippen molar-refractivity contribution in [2.24, 2.45) is 0 Å². The van der Waals surface area contributed by atoms with Crippen molar-refractivity contribution in [2.75, 3.05) is 39.2 Å². The van der Waals surface area contributed by atoms with E-state index in [2.05, 4.69) is 37.4 Å². The second-order valence-corrected chi connectivity index (χ2v) is 6.63. The summed E-state index contributed by atoms with van der Waals surface area (Å²) in [6.45, 7) is 6.07. The average molecular weight is 357 g/mol. The number of hydrogen-bond acceptors (Lipinski definition) is 3. The predicted molar refractivity (Wildman–Crippen MR) is 104 cm³/mol. The number of benzene rings is 2. The highest BCUT2D eigenvalue weighted by Gasteiger charge is 2.10. The zero-order chi connectivity index (χ0) is 18.9. The zero-order valence-electron chi connectivity index (χ0n) is 16.1. The van der Waals surface area contributed by atoms with E-state index in [1.54, 1.807) is 7.11 Å². The number of ether oxygens (including phenoxy) is 2. The second kappa shape index (κ2) is 9.82. The molecule has 0 aliphatic carbocycles. The third-order valence-electron chi connectivity index (χ3n) is 4.19. The predicted octanol–water partition coefficient (Wildman–Crippen LogP) is 2.23. The fourth-order valence-electron chi connectivity index (χ4n) is 2.66. The third-order valence-corrected chi connectivity index (χ3v) is 4.19. The van der Waals surface area contributed by atoms with Gasteiger partial charge in [-0.25, -0.2) is 0 Å². The summed E-state index contributed by atoms with van der Waals surface area (Å²) in [4.78, 5) is 13.3. The van der Waals surface area contributed by atoms with Gasteiger partial charge in [0.2, 0.25) is 0 Å². The molecule has 5 nitrogen and oxygen atoms in total. The van der Waals surface area contributed by atoms with Crippen LogP contribution in [0.3, 0.4) is 0 Å². The molecule has 2 rings (SSSR count). The van der Waals surface area contributed by atoms with E-state index < -0.39 is 0 Å². The van der Waals surface area contributed by atoms with Crippen molar-refractivity contribution in [1.82, 2.24) is 0 Å². The standard InChI is InChI=1S/C21H28N2O3/c1-16-6-7-17(2)20(14-16)26-13-5-12-23(3)15-21(24)22-18-8-10-19(25-4)11-9-18/h6-11,14H,5,12-13,15H2,1-4H3,(H,22,24)/p+1. The largest absolute Gasteiger partial charge is 0.497 e. The van der Waals surface area contributed by atoms with Gasteiger partial charge in [0, 0.05) is 12.1 Å². The molecule has 0 aliphatic rings. The first-order valence-electron chi connectivity index (χ1n) is 8.93. The van der Waals surface area contributed by atoms with Crippen LogP contribution in [0.4, 0.5) is 5.69 Å². The summed E-state index contributed by atoms with van der Waals surface area (Å²) in [5.74, 6) is 1.72. The van der Waals surface area contributed by atoms with Crippen LogP contribution in [0.15, 0.2) is 42.5 Å². The number of quaternary nitrogens is 1. The molecule has 2 N–H and O–H groups in total. The van der Waals surface area contributed by atoms with Gasteiger partial charge in [-0.15, -0.1) is 0 Å². The van der Waals surface area contributed by atoms with Crippen LogP contribution in [0.5, 0.6) is 11.5 Å². The Kier molecular flexibility index (Phi) is 7.48. The van der Waals surface area contributed by atoms with Crippen molar-refractivity contribution >= 4 is 11.6 Å². The highest BCUT2D eigenvalue weighted by atomic mass is 16.5. The minimum atomic E-state index is 0.00288. The van der Waals surface area contributed by atoms with Gasteiger partial charge in [-0.2, -0.15) is 0 Å². The van der Waals surface area contributed by atoms with Gasteiger partial charge in [0.1, 0.15) is 11.5 Å². The minimum Gasteiger partial charge on any atom is -0.497 e. The van der Waals surface area contributed by atoms with Crippen molar-refractivity contribution in [1.29, 1.82) is 0 Å². The number of carbonyl (C=O) groups excluding carboxylic acids is 1. The smallest absolute Gasteiger partial charge is 0.279 e. The van der Waals surface area contributed by atoms with E-state index in [0.29, 0.717) is 13.2 Å². The lowest BCUT2D eigenvalue weighted by molar-refractivity contribution is -0.871.